The predicted molar refractivity (Wildman–Crippen MR) is 90.9 cm³/mol. The van der Waals surface area contributed by atoms with Crippen LogP contribution in [0.25, 0.3) is 0 Å². The van der Waals surface area contributed by atoms with E-state index in [2.05, 4.69) is 0 Å². The van der Waals surface area contributed by atoms with E-state index in [1.54, 1.807) is 17.2 Å². The minimum Gasteiger partial charge on any atom is -0.463 e. The fourth-order valence-corrected chi connectivity index (χ4v) is 2.84. The van der Waals surface area contributed by atoms with Crippen LogP contribution in [0.2, 0.25) is 0 Å². The van der Waals surface area contributed by atoms with Crippen molar-refractivity contribution in [1.82, 2.24) is 0 Å². The van der Waals surface area contributed by atoms with Gasteiger partial charge in [0, 0.05) is 25.5 Å². The third-order valence-electron chi connectivity index (χ3n) is 4.00. The molecule has 0 spiro atoms. The van der Waals surface area contributed by atoms with Crippen LogP contribution in [0.15, 0.2) is 54.6 Å². The summed E-state index contributed by atoms with van der Waals surface area (Å²) < 4.78 is 5.06. The third kappa shape index (κ3) is 3.95. The maximum absolute atomic E-state index is 11.0. The first-order valence-electron chi connectivity index (χ1n) is 7.93. The van der Waals surface area contributed by atoms with E-state index in [9.17, 15) is 14.9 Å². The van der Waals surface area contributed by atoms with Gasteiger partial charge in [-0.1, -0.05) is 30.3 Å². The highest BCUT2D eigenvalue weighted by atomic mass is 16.7. The zero-order chi connectivity index (χ0) is 17.8. The normalized spacial score (nSPS) is 19.6. The molecule has 2 aromatic carbocycles. The molecule has 1 saturated heterocycles. The van der Waals surface area contributed by atoms with Gasteiger partial charge in [0.1, 0.15) is 12.7 Å². The highest BCUT2D eigenvalue weighted by molar-refractivity contribution is 5.65. The molecule has 130 valence electrons. The number of anilines is 1. The predicted octanol–water partition coefficient (Wildman–Crippen LogP) is 3.41. The van der Waals surface area contributed by atoms with Crippen LogP contribution in [0.4, 0.5) is 11.4 Å². The Hall–Kier alpha value is -2.93. The van der Waals surface area contributed by atoms with E-state index in [1.165, 1.54) is 19.1 Å². The number of hydroxylamine groups is 1. The van der Waals surface area contributed by atoms with Gasteiger partial charge in [0.15, 0.2) is 0 Å². The van der Waals surface area contributed by atoms with Crippen molar-refractivity contribution >= 4 is 17.3 Å². The number of carbonyl (C=O) groups is 1. The second kappa shape index (κ2) is 7.31. The summed E-state index contributed by atoms with van der Waals surface area (Å²) in [5, 5.41) is 12.6. The molecule has 1 heterocycles. The summed E-state index contributed by atoms with van der Waals surface area (Å²) in [6.45, 7) is 1.53. The van der Waals surface area contributed by atoms with Gasteiger partial charge in [-0.3, -0.25) is 19.7 Å². The summed E-state index contributed by atoms with van der Waals surface area (Å²) >= 11 is 0. The molecule has 2 unspecified atom stereocenters. The van der Waals surface area contributed by atoms with E-state index in [1.807, 2.05) is 30.3 Å². The molecule has 1 fully saturated rings. The molecule has 0 bridgehead atoms. The molecule has 1 aliphatic rings. The average Bonchev–Trinajstić information content (AvgIpc) is 3.05. The first kappa shape index (κ1) is 16.9. The Morgan fingerprint density at radius 1 is 1.24 bits per heavy atom. The Bertz CT molecular complexity index is 748. The lowest BCUT2D eigenvalue weighted by Crippen LogP contribution is -2.23. The second-order valence-corrected chi connectivity index (χ2v) is 5.79. The highest BCUT2D eigenvalue weighted by Gasteiger charge is 2.35. The van der Waals surface area contributed by atoms with Crippen LogP contribution < -0.4 is 5.06 Å². The molecule has 7 nitrogen and oxygen atoms in total. The lowest BCUT2D eigenvalue weighted by atomic mass is 10.0. The summed E-state index contributed by atoms with van der Waals surface area (Å²) in [5.74, 6) is -0.353. The van der Waals surface area contributed by atoms with Crippen molar-refractivity contribution in [3.05, 3.63) is 70.3 Å². The molecule has 0 aromatic heterocycles. The zero-order valence-electron chi connectivity index (χ0n) is 13.7. The van der Waals surface area contributed by atoms with E-state index in [4.69, 9.17) is 9.57 Å². The maximum Gasteiger partial charge on any atom is 0.302 e. The van der Waals surface area contributed by atoms with Crippen LogP contribution >= 0.6 is 0 Å². The Morgan fingerprint density at radius 3 is 2.52 bits per heavy atom. The van der Waals surface area contributed by atoms with Gasteiger partial charge in [-0.15, -0.1) is 0 Å². The van der Waals surface area contributed by atoms with Gasteiger partial charge < -0.3 is 4.74 Å². The van der Waals surface area contributed by atoms with Crippen molar-refractivity contribution in [3.63, 3.8) is 0 Å². The Morgan fingerprint density at radius 2 is 1.92 bits per heavy atom. The van der Waals surface area contributed by atoms with Crippen molar-refractivity contribution < 1.29 is 19.3 Å². The number of hydrogen-bond acceptors (Lipinski definition) is 6. The van der Waals surface area contributed by atoms with Gasteiger partial charge in [0.2, 0.25) is 0 Å². The van der Waals surface area contributed by atoms with Crippen LogP contribution in [0.5, 0.6) is 0 Å². The number of non-ortho nitro benzene ring substituents is 1. The summed E-state index contributed by atoms with van der Waals surface area (Å²) in [5.41, 5.74) is 1.82. The van der Waals surface area contributed by atoms with Gasteiger partial charge >= 0.3 is 5.97 Å². The number of hydrogen-bond donors (Lipinski definition) is 0. The fraction of sp³-hybridized carbons (Fsp3) is 0.278. The van der Waals surface area contributed by atoms with Gasteiger partial charge in [0.25, 0.3) is 5.69 Å². The lowest BCUT2D eigenvalue weighted by molar-refractivity contribution is -0.384. The number of para-hydroxylation sites is 1. The van der Waals surface area contributed by atoms with Gasteiger partial charge in [0.05, 0.1) is 16.7 Å². The molecule has 0 N–H and O–H groups in total. The number of nitro benzene ring substituents is 1. The van der Waals surface area contributed by atoms with Crippen molar-refractivity contribution in [2.45, 2.75) is 25.5 Å². The molecule has 1 aliphatic heterocycles. The van der Waals surface area contributed by atoms with Crippen molar-refractivity contribution in [2.75, 3.05) is 11.7 Å². The highest BCUT2D eigenvalue weighted by Crippen LogP contribution is 2.38. The lowest BCUT2D eigenvalue weighted by Gasteiger charge is -2.25. The second-order valence-electron chi connectivity index (χ2n) is 5.79. The molecular formula is C18H18N2O5. The quantitative estimate of drug-likeness (QED) is 0.470. The van der Waals surface area contributed by atoms with Crippen LogP contribution in [-0.4, -0.2) is 23.6 Å². The molecule has 0 radical (unpaired) electrons. The molecule has 0 saturated carbocycles. The smallest absolute Gasteiger partial charge is 0.302 e. The molecule has 0 amide bonds. The standard InChI is InChI=1S/C18H18N2O5/c1-13(21)24-12-17-11-18(14-7-9-16(10-8-14)20(22)23)19(25-17)15-5-3-2-4-6-15/h2-10,17-18H,11-12H2,1H3. The van der Waals surface area contributed by atoms with Crippen LogP contribution in [0, 0.1) is 10.1 Å². The topological polar surface area (TPSA) is 81.9 Å². The Balaban J connectivity index is 1.84. The first-order chi connectivity index (χ1) is 12.0. The number of rotatable bonds is 5. The summed E-state index contributed by atoms with van der Waals surface area (Å²) in [4.78, 5) is 27.4. The number of carbonyl (C=O) groups excluding carboxylic acids is 1. The number of ether oxygens (including phenoxy) is 1. The molecule has 3 rings (SSSR count). The Kier molecular flexibility index (Phi) is 4.95. The van der Waals surface area contributed by atoms with E-state index < -0.39 is 4.92 Å². The molecule has 2 aromatic rings. The monoisotopic (exact) mass is 342 g/mol. The molecule has 25 heavy (non-hydrogen) atoms. The summed E-state index contributed by atoms with van der Waals surface area (Å²) in [7, 11) is 0. The van der Waals surface area contributed by atoms with Gasteiger partial charge in [-0.25, -0.2) is 5.06 Å². The Labute approximate surface area is 144 Å². The van der Waals surface area contributed by atoms with Gasteiger partial charge in [-0.05, 0) is 17.7 Å². The minimum atomic E-state index is -0.423. The third-order valence-corrected chi connectivity index (χ3v) is 4.00. The van der Waals surface area contributed by atoms with E-state index in [0.717, 1.165) is 11.3 Å². The molecule has 2 atom stereocenters. The minimum absolute atomic E-state index is 0.0467. The van der Waals surface area contributed by atoms with Crippen molar-refractivity contribution in [1.29, 1.82) is 0 Å². The van der Waals surface area contributed by atoms with Crippen molar-refractivity contribution in [3.8, 4) is 0 Å². The molecular weight excluding hydrogens is 324 g/mol. The van der Waals surface area contributed by atoms with Crippen LogP contribution in [-0.2, 0) is 14.4 Å². The number of esters is 1. The fourth-order valence-electron chi connectivity index (χ4n) is 2.84. The van der Waals surface area contributed by atoms with E-state index in [-0.39, 0.29) is 30.4 Å². The van der Waals surface area contributed by atoms with Gasteiger partial charge in [-0.2, -0.15) is 0 Å². The zero-order valence-corrected chi connectivity index (χ0v) is 13.7. The van der Waals surface area contributed by atoms with Crippen molar-refractivity contribution in [2.24, 2.45) is 0 Å². The van der Waals surface area contributed by atoms with E-state index >= 15 is 0 Å². The van der Waals surface area contributed by atoms with E-state index in [0.29, 0.717) is 6.42 Å². The number of nitrogens with zero attached hydrogens (tertiary/aromatic N) is 2. The summed E-state index contributed by atoms with van der Waals surface area (Å²) in [6.07, 6.45) is 0.337. The number of benzene rings is 2. The molecule has 7 heteroatoms. The maximum atomic E-state index is 11.0. The first-order valence-corrected chi connectivity index (χ1v) is 7.93. The van der Waals surface area contributed by atoms with Crippen LogP contribution in [0.1, 0.15) is 24.9 Å². The SMILES string of the molecule is CC(=O)OCC1CC(c2ccc([N+](=O)[O-])cc2)N(c2ccccc2)O1. The summed E-state index contributed by atoms with van der Waals surface area (Å²) in [6, 6.07) is 15.9. The molecule has 0 aliphatic carbocycles. The largest absolute Gasteiger partial charge is 0.463 e. The average molecular weight is 342 g/mol. The number of nitro groups is 1. The van der Waals surface area contributed by atoms with Crippen LogP contribution in [0.3, 0.4) is 0 Å².